The van der Waals surface area contributed by atoms with E-state index < -0.39 is 0 Å². The number of methoxy groups -OCH3 is 1. The number of hydrogen-bond donors (Lipinski definition) is 2. The number of rotatable bonds is 6. The Morgan fingerprint density at radius 2 is 2.11 bits per heavy atom. The first-order chi connectivity index (χ1) is 8.79. The number of hydrogen-bond acceptors (Lipinski definition) is 4. The normalized spacial score (nSPS) is 28.7. The van der Waals surface area contributed by atoms with E-state index >= 15 is 0 Å². The maximum atomic E-state index is 11.8. The monoisotopic (exact) mass is 256 g/mol. The van der Waals surface area contributed by atoms with Crippen molar-refractivity contribution in [3.05, 3.63) is 0 Å². The van der Waals surface area contributed by atoms with E-state index in [0.29, 0.717) is 19.3 Å². The molecule has 0 aromatic heterocycles. The molecule has 5 heteroatoms. The van der Waals surface area contributed by atoms with Crippen LogP contribution in [0.15, 0.2) is 0 Å². The highest BCUT2D eigenvalue weighted by Crippen LogP contribution is 2.20. The van der Waals surface area contributed by atoms with Crippen molar-refractivity contribution in [3.63, 3.8) is 0 Å². The smallest absolute Gasteiger partial charge is 0.237 e. The molecule has 104 valence electrons. The third kappa shape index (κ3) is 3.93. The molecule has 2 unspecified atom stereocenters. The van der Waals surface area contributed by atoms with E-state index in [1.165, 1.54) is 25.7 Å². The van der Waals surface area contributed by atoms with Crippen LogP contribution >= 0.6 is 0 Å². The topological polar surface area (TPSA) is 59.6 Å². The Morgan fingerprint density at radius 3 is 2.78 bits per heavy atom. The Labute approximate surface area is 109 Å². The molecular formula is C13H24N2O3. The van der Waals surface area contributed by atoms with Crippen molar-refractivity contribution in [2.75, 3.05) is 26.8 Å². The zero-order valence-electron chi connectivity index (χ0n) is 11.1. The Morgan fingerprint density at radius 1 is 1.33 bits per heavy atom. The SMILES string of the molecule is COC1CNC(C(=O)NCCOC2CCCC2)C1. The van der Waals surface area contributed by atoms with E-state index in [0.717, 1.165) is 13.0 Å². The van der Waals surface area contributed by atoms with E-state index in [1.807, 2.05) is 0 Å². The molecule has 1 aliphatic carbocycles. The Bertz CT molecular complexity index is 267. The maximum absolute atomic E-state index is 11.8. The first kappa shape index (κ1) is 13.8. The second-order valence-electron chi connectivity index (χ2n) is 5.12. The first-order valence-electron chi connectivity index (χ1n) is 6.95. The molecule has 5 nitrogen and oxygen atoms in total. The van der Waals surface area contributed by atoms with Crippen LogP contribution in [0.2, 0.25) is 0 Å². The Balaban J connectivity index is 1.54. The number of nitrogens with one attached hydrogen (secondary N) is 2. The van der Waals surface area contributed by atoms with Crippen LogP contribution in [0.25, 0.3) is 0 Å². The van der Waals surface area contributed by atoms with Crippen molar-refractivity contribution in [1.82, 2.24) is 10.6 Å². The van der Waals surface area contributed by atoms with E-state index in [-0.39, 0.29) is 18.1 Å². The summed E-state index contributed by atoms with van der Waals surface area (Å²) < 4.78 is 10.9. The molecule has 0 aromatic carbocycles. The quantitative estimate of drug-likeness (QED) is 0.677. The minimum absolute atomic E-state index is 0.0598. The first-order valence-corrected chi connectivity index (χ1v) is 6.95. The fourth-order valence-electron chi connectivity index (χ4n) is 2.66. The molecule has 2 aliphatic rings. The summed E-state index contributed by atoms with van der Waals surface area (Å²) in [6, 6.07) is -0.110. The molecule has 2 fully saturated rings. The van der Waals surface area contributed by atoms with Crippen LogP contribution in [0.3, 0.4) is 0 Å². The molecule has 1 saturated carbocycles. The van der Waals surface area contributed by atoms with Gasteiger partial charge < -0.3 is 20.1 Å². The molecule has 2 rings (SSSR count). The lowest BCUT2D eigenvalue weighted by molar-refractivity contribution is -0.123. The van der Waals surface area contributed by atoms with Crippen molar-refractivity contribution in [2.24, 2.45) is 0 Å². The van der Waals surface area contributed by atoms with Crippen molar-refractivity contribution < 1.29 is 14.3 Å². The molecule has 18 heavy (non-hydrogen) atoms. The highest BCUT2D eigenvalue weighted by Gasteiger charge is 2.28. The maximum Gasteiger partial charge on any atom is 0.237 e. The van der Waals surface area contributed by atoms with E-state index in [2.05, 4.69) is 10.6 Å². The van der Waals surface area contributed by atoms with Gasteiger partial charge in [0.25, 0.3) is 0 Å². The third-order valence-electron chi connectivity index (χ3n) is 3.80. The van der Waals surface area contributed by atoms with Gasteiger partial charge in [0.05, 0.1) is 24.9 Å². The van der Waals surface area contributed by atoms with Crippen molar-refractivity contribution in [2.45, 2.75) is 50.4 Å². The predicted molar refractivity (Wildman–Crippen MR) is 68.4 cm³/mol. The summed E-state index contributed by atoms with van der Waals surface area (Å²) in [5, 5.41) is 6.07. The summed E-state index contributed by atoms with van der Waals surface area (Å²) >= 11 is 0. The lowest BCUT2D eigenvalue weighted by atomic mass is 10.2. The molecular weight excluding hydrogens is 232 g/mol. The number of carbonyl (C=O) groups excluding carboxylic acids is 1. The molecule has 2 N–H and O–H groups in total. The number of amides is 1. The molecule has 1 aliphatic heterocycles. The number of carbonyl (C=O) groups is 1. The van der Waals surface area contributed by atoms with Gasteiger partial charge in [0.1, 0.15) is 0 Å². The zero-order valence-corrected chi connectivity index (χ0v) is 11.1. The van der Waals surface area contributed by atoms with Gasteiger partial charge >= 0.3 is 0 Å². The average molecular weight is 256 g/mol. The molecule has 0 aromatic rings. The van der Waals surface area contributed by atoms with Crippen LogP contribution in [0.1, 0.15) is 32.1 Å². The minimum atomic E-state index is -0.110. The van der Waals surface area contributed by atoms with Gasteiger partial charge in [0.15, 0.2) is 0 Å². The van der Waals surface area contributed by atoms with Crippen molar-refractivity contribution in [3.8, 4) is 0 Å². The molecule has 1 saturated heterocycles. The molecule has 0 bridgehead atoms. The van der Waals surface area contributed by atoms with Crippen LogP contribution in [-0.4, -0.2) is 51.0 Å². The van der Waals surface area contributed by atoms with Crippen LogP contribution < -0.4 is 10.6 Å². The van der Waals surface area contributed by atoms with Gasteiger partial charge in [-0.1, -0.05) is 12.8 Å². The summed E-state index contributed by atoms with van der Waals surface area (Å²) in [6.45, 7) is 1.98. The lowest BCUT2D eigenvalue weighted by Crippen LogP contribution is -2.41. The second kappa shape index (κ2) is 7.07. The van der Waals surface area contributed by atoms with E-state index in [9.17, 15) is 4.79 Å². The minimum Gasteiger partial charge on any atom is -0.380 e. The Hall–Kier alpha value is -0.650. The summed E-state index contributed by atoms with van der Waals surface area (Å²) in [6.07, 6.45) is 6.25. The highest BCUT2D eigenvalue weighted by atomic mass is 16.5. The molecule has 2 atom stereocenters. The van der Waals surface area contributed by atoms with Crippen molar-refractivity contribution >= 4 is 5.91 Å². The fourth-order valence-corrected chi connectivity index (χ4v) is 2.66. The zero-order chi connectivity index (χ0) is 12.8. The summed E-state index contributed by atoms with van der Waals surface area (Å²) in [5.74, 6) is 0.0598. The van der Waals surface area contributed by atoms with Gasteiger partial charge in [0, 0.05) is 20.2 Å². The molecule has 0 spiro atoms. The standard InChI is InChI=1S/C13H24N2O3/c1-17-11-8-12(15-9-11)13(16)14-6-7-18-10-4-2-3-5-10/h10-12,15H,2-9H2,1H3,(H,14,16). The second-order valence-corrected chi connectivity index (χ2v) is 5.12. The van der Waals surface area contributed by atoms with Gasteiger partial charge in [-0.05, 0) is 19.3 Å². The fraction of sp³-hybridized carbons (Fsp3) is 0.923. The van der Waals surface area contributed by atoms with E-state index in [1.54, 1.807) is 7.11 Å². The molecule has 0 radical (unpaired) electrons. The Kier molecular flexibility index (Phi) is 5.41. The summed E-state index contributed by atoms with van der Waals surface area (Å²) in [5.41, 5.74) is 0. The lowest BCUT2D eigenvalue weighted by Gasteiger charge is -2.13. The van der Waals surface area contributed by atoms with Gasteiger partial charge in [0.2, 0.25) is 5.91 Å². The van der Waals surface area contributed by atoms with Crippen LogP contribution in [0, 0.1) is 0 Å². The molecule has 1 amide bonds. The highest BCUT2D eigenvalue weighted by molar-refractivity contribution is 5.82. The predicted octanol–water partition coefficient (Wildman–Crippen LogP) is 0.439. The largest absolute Gasteiger partial charge is 0.380 e. The third-order valence-corrected chi connectivity index (χ3v) is 3.80. The van der Waals surface area contributed by atoms with Gasteiger partial charge in [-0.3, -0.25) is 4.79 Å². The van der Waals surface area contributed by atoms with E-state index in [4.69, 9.17) is 9.47 Å². The van der Waals surface area contributed by atoms with Crippen LogP contribution in [0.5, 0.6) is 0 Å². The molecule has 1 heterocycles. The number of ether oxygens (including phenoxy) is 2. The van der Waals surface area contributed by atoms with Crippen LogP contribution in [0.4, 0.5) is 0 Å². The average Bonchev–Trinajstić information content (AvgIpc) is 3.05. The van der Waals surface area contributed by atoms with Gasteiger partial charge in [-0.25, -0.2) is 0 Å². The summed E-state index contributed by atoms with van der Waals surface area (Å²) in [7, 11) is 1.68. The van der Waals surface area contributed by atoms with Gasteiger partial charge in [-0.15, -0.1) is 0 Å². The van der Waals surface area contributed by atoms with Gasteiger partial charge in [-0.2, -0.15) is 0 Å². The van der Waals surface area contributed by atoms with Crippen LogP contribution in [-0.2, 0) is 14.3 Å². The summed E-state index contributed by atoms with van der Waals surface area (Å²) in [4.78, 5) is 11.8. The van der Waals surface area contributed by atoms with Crippen molar-refractivity contribution in [1.29, 1.82) is 0 Å².